The van der Waals surface area contributed by atoms with E-state index in [0.29, 0.717) is 29.6 Å². The largest absolute Gasteiger partial charge is 0.326 e. The lowest BCUT2D eigenvalue weighted by molar-refractivity contribution is 0.0584. The van der Waals surface area contributed by atoms with Crippen molar-refractivity contribution in [2.75, 3.05) is 5.32 Å². The van der Waals surface area contributed by atoms with E-state index in [2.05, 4.69) is 30.4 Å². The summed E-state index contributed by atoms with van der Waals surface area (Å²) < 4.78 is 29.6. The Morgan fingerprint density at radius 3 is 2.77 bits per heavy atom. The van der Waals surface area contributed by atoms with Crippen LogP contribution >= 0.6 is 0 Å². The molecule has 0 saturated carbocycles. The molecule has 180 valence electrons. The van der Waals surface area contributed by atoms with E-state index < -0.39 is 6.43 Å². The van der Waals surface area contributed by atoms with Crippen LogP contribution in [0.25, 0.3) is 11.4 Å². The van der Waals surface area contributed by atoms with Crippen molar-refractivity contribution in [3.63, 3.8) is 0 Å². The van der Waals surface area contributed by atoms with Crippen molar-refractivity contribution in [3.05, 3.63) is 65.6 Å². The zero-order chi connectivity index (χ0) is 24.7. The summed E-state index contributed by atoms with van der Waals surface area (Å²) in [5.74, 6) is 1.08. The molecule has 0 radical (unpaired) electrons. The van der Waals surface area contributed by atoms with E-state index in [1.165, 1.54) is 18.3 Å². The molecule has 0 saturated heterocycles. The van der Waals surface area contributed by atoms with Crippen LogP contribution in [-0.4, -0.2) is 51.1 Å². The number of imidazole rings is 1. The molecule has 1 N–H and O–H groups in total. The number of hydrogen-bond acceptors (Lipinski definition) is 7. The Morgan fingerprint density at radius 2 is 2.03 bits per heavy atom. The number of hydrogen-bond donors (Lipinski definition) is 1. The SMILES string of the molecule is Cc1cnc(Nc2ccnn2C)nc1-c1cn2c(n1)C(=O)N(Cc1cc(C(F)F)ccn1)C(C)C2. The van der Waals surface area contributed by atoms with E-state index in [1.807, 2.05) is 13.8 Å². The normalized spacial score (nSPS) is 15.5. The number of nitrogens with one attached hydrogen (secondary N) is 1. The maximum atomic E-state index is 13.3. The average molecular weight is 479 g/mol. The van der Waals surface area contributed by atoms with Crippen molar-refractivity contribution < 1.29 is 13.6 Å². The van der Waals surface area contributed by atoms with Crippen molar-refractivity contribution >= 4 is 17.7 Å². The molecule has 0 aliphatic carbocycles. The number of aromatic nitrogens is 7. The Labute approximate surface area is 199 Å². The van der Waals surface area contributed by atoms with Gasteiger partial charge in [0, 0.05) is 49.9 Å². The van der Waals surface area contributed by atoms with Gasteiger partial charge in [-0.1, -0.05) is 0 Å². The molecule has 10 nitrogen and oxygen atoms in total. The minimum Gasteiger partial charge on any atom is -0.326 e. The molecular formula is C23H23F2N9O. The second-order valence-corrected chi connectivity index (χ2v) is 8.46. The van der Waals surface area contributed by atoms with Gasteiger partial charge >= 0.3 is 0 Å². The van der Waals surface area contributed by atoms with Crippen LogP contribution in [0, 0.1) is 6.92 Å². The Kier molecular flexibility index (Phi) is 5.71. The maximum Gasteiger partial charge on any atom is 0.290 e. The van der Waals surface area contributed by atoms with Gasteiger partial charge in [0.15, 0.2) is 5.82 Å². The van der Waals surface area contributed by atoms with Gasteiger partial charge in [-0.15, -0.1) is 0 Å². The third-order valence-corrected chi connectivity index (χ3v) is 5.92. The summed E-state index contributed by atoms with van der Waals surface area (Å²) in [6.07, 6.45) is 3.90. The van der Waals surface area contributed by atoms with Crippen LogP contribution in [0.5, 0.6) is 0 Å². The van der Waals surface area contributed by atoms with Crippen molar-refractivity contribution in [2.24, 2.45) is 7.05 Å². The van der Waals surface area contributed by atoms with E-state index in [-0.39, 0.29) is 29.9 Å². The minimum absolute atomic E-state index is 0.119. The number of rotatable bonds is 6. The fraction of sp³-hybridized carbons (Fsp3) is 0.304. The first-order valence-electron chi connectivity index (χ1n) is 11.0. The summed E-state index contributed by atoms with van der Waals surface area (Å²) in [5.41, 5.74) is 2.24. The van der Waals surface area contributed by atoms with Crippen LogP contribution in [0.3, 0.4) is 0 Å². The van der Waals surface area contributed by atoms with Gasteiger partial charge in [-0.25, -0.2) is 23.7 Å². The van der Waals surface area contributed by atoms with Crippen LogP contribution in [0.2, 0.25) is 0 Å². The Hall–Kier alpha value is -4.22. The molecule has 4 aromatic heterocycles. The number of amides is 1. The van der Waals surface area contributed by atoms with E-state index in [9.17, 15) is 13.6 Å². The van der Waals surface area contributed by atoms with E-state index in [0.717, 1.165) is 11.4 Å². The van der Waals surface area contributed by atoms with Gasteiger partial charge < -0.3 is 14.8 Å². The molecule has 12 heteroatoms. The molecule has 1 amide bonds. The number of halogens is 2. The van der Waals surface area contributed by atoms with Gasteiger partial charge in [0.1, 0.15) is 11.5 Å². The van der Waals surface area contributed by atoms with Crippen molar-refractivity contribution in [1.82, 2.24) is 39.2 Å². The van der Waals surface area contributed by atoms with Gasteiger partial charge in [0.2, 0.25) is 5.95 Å². The fourth-order valence-electron chi connectivity index (χ4n) is 4.05. The van der Waals surface area contributed by atoms with Crippen LogP contribution in [0.15, 0.2) is 43.0 Å². The monoisotopic (exact) mass is 479 g/mol. The van der Waals surface area contributed by atoms with Crippen LogP contribution in [-0.2, 0) is 20.1 Å². The standard InChI is InChI=1S/C23H23F2N9O/c1-13-9-27-23(30-18-5-7-28-32(18)3)31-19(13)17-12-33-10-14(2)34(22(35)21(33)29-17)11-16-8-15(20(24)25)4-6-26-16/h4-9,12,14,20H,10-11H2,1-3H3,(H,27,30,31). The third-order valence-electron chi connectivity index (χ3n) is 5.92. The highest BCUT2D eigenvalue weighted by Crippen LogP contribution is 2.27. The first kappa shape index (κ1) is 22.6. The second-order valence-electron chi connectivity index (χ2n) is 8.46. The average Bonchev–Trinajstić information content (AvgIpc) is 3.44. The van der Waals surface area contributed by atoms with E-state index >= 15 is 0 Å². The molecule has 4 aromatic rings. The summed E-state index contributed by atoms with van der Waals surface area (Å²) in [5, 5.41) is 7.24. The summed E-state index contributed by atoms with van der Waals surface area (Å²) >= 11 is 0. The lowest BCUT2D eigenvalue weighted by atomic mass is 10.1. The number of carbonyl (C=O) groups is 1. The number of nitrogens with zero attached hydrogens (tertiary/aromatic N) is 8. The number of carbonyl (C=O) groups excluding carboxylic acids is 1. The molecule has 1 aliphatic rings. The number of pyridine rings is 1. The van der Waals surface area contributed by atoms with E-state index in [1.54, 1.807) is 45.9 Å². The number of alkyl halides is 2. The number of aryl methyl sites for hydroxylation is 2. The third kappa shape index (κ3) is 4.34. The Morgan fingerprint density at radius 1 is 1.20 bits per heavy atom. The van der Waals surface area contributed by atoms with Crippen molar-refractivity contribution in [1.29, 1.82) is 0 Å². The van der Waals surface area contributed by atoms with E-state index in [4.69, 9.17) is 0 Å². The van der Waals surface area contributed by atoms with Gasteiger partial charge in [0.25, 0.3) is 12.3 Å². The van der Waals surface area contributed by atoms with Crippen LogP contribution in [0.1, 0.15) is 40.8 Å². The Bertz CT molecular complexity index is 1400. The molecule has 0 fully saturated rings. The predicted molar refractivity (Wildman–Crippen MR) is 123 cm³/mol. The van der Waals surface area contributed by atoms with Gasteiger partial charge in [-0.2, -0.15) is 5.10 Å². The molecule has 1 atom stereocenters. The molecule has 0 spiro atoms. The highest BCUT2D eigenvalue weighted by Gasteiger charge is 2.33. The zero-order valence-electron chi connectivity index (χ0n) is 19.4. The van der Waals surface area contributed by atoms with Crippen molar-refractivity contribution in [3.8, 4) is 11.4 Å². The minimum atomic E-state index is -2.60. The molecule has 5 rings (SSSR count). The topological polar surface area (TPSA) is 107 Å². The number of anilines is 2. The highest BCUT2D eigenvalue weighted by molar-refractivity contribution is 5.92. The summed E-state index contributed by atoms with van der Waals surface area (Å²) in [6.45, 7) is 4.41. The second kappa shape index (κ2) is 8.85. The molecule has 5 heterocycles. The summed E-state index contributed by atoms with van der Waals surface area (Å²) in [6, 6.07) is 4.23. The molecule has 1 aliphatic heterocycles. The lowest BCUT2D eigenvalue weighted by Gasteiger charge is -2.33. The lowest BCUT2D eigenvalue weighted by Crippen LogP contribution is -2.46. The van der Waals surface area contributed by atoms with Gasteiger partial charge in [-0.3, -0.25) is 14.5 Å². The predicted octanol–water partition coefficient (Wildman–Crippen LogP) is 3.50. The smallest absolute Gasteiger partial charge is 0.290 e. The number of fused-ring (bicyclic) bond motifs is 1. The highest BCUT2D eigenvalue weighted by atomic mass is 19.3. The molecule has 0 aromatic carbocycles. The molecular weight excluding hydrogens is 456 g/mol. The zero-order valence-corrected chi connectivity index (χ0v) is 19.4. The first-order valence-corrected chi connectivity index (χ1v) is 11.0. The van der Waals surface area contributed by atoms with Gasteiger partial charge in [0.05, 0.1) is 24.1 Å². The van der Waals surface area contributed by atoms with Crippen LogP contribution in [0.4, 0.5) is 20.5 Å². The Balaban J connectivity index is 1.42. The molecule has 0 bridgehead atoms. The van der Waals surface area contributed by atoms with Gasteiger partial charge in [-0.05, 0) is 31.5 Å². The fourth-order valence-corrected chi connectivity index (χ4v) is 4.05. The maximum absolute atomic E-state index is 13.3. The molecule has 1 unspecified atom stereocenters. The summed E-state index contributed by atoms with van der Waals surface area (Å²) in [7, 11) is 1.80. The quantitative estimate of drug-likeness (QED) is 0.451. The first-order chi connectivity index (χ1) is 16.8. The van der Waals surface area contributed by atoms with Crippen LogP contribution < -0.4 is 5.32 Å². The summed E-state index contributed by atoms with van der Waals surface area (Å²) in [4.78, 5) is 32.6. The molecule has 35 heavy (non-hydrogen) atoms. The van der Waals surface area contributed by atoms with Crippen molar-refractivity contribution in [2.45, 2.75) is 39.4 Å².